The van der Waals surface area contributed by atoms with Crippen LogP contribution < -0.4 is 0 Å². The lowest BCUT2D eigenvalue weighted by Gasteiger charge is -2.38. The van der Waals surface area contributed by atoms with Crippen LogP contribution in [0.2, 0.25) is 0 Å². The van der Waals surface area contributed by atoms with Crippen LogP contribution >= 0.6 is 0 Å². The first-order valence-electron chi connectivity index (χ1n) is 19.1. The molecule has 0 aliphatic carbocycles. The van der Waals surface area contributed by atoms with E-state index in [1.54, 1.807) is 6.20 Å². The second-order valence-electron chi connectivity index (χ2n) is 14.2. The van der Waals surface area contributed by atoms with Gasteiger partial charge in [-0.05, 0) is 58.7 Å². The van der Waals surface area contributed by atoms with Gasteiger partial charge in [-0.1, -0.05) is 158 Å². The number of rotatable bonds is 7. The van der Waals surface area contributed by atoms with Crippen molar-refractivity contribution in [3.63, 3.8) is 0 Å². The molecule has 11 rings (SSSR count). The third-order valence-electron chi connectivity index (χ3n) is 11.1. The van der Waals surface area contributed by atoms with E-state index >= 15 is 0 Å². The van der Waals surface area contributed by atoms with Crippen molar-refractivity contribution in [2.45, 2.75) is 5.41 Å². The van der Waals surface area contributed by atoms with Crippen molar-refractivity contribution in [3.8, 4) is 28.7 Å². The third-order valence-corrected chi connectivity index (χ3v) is 11.1. The van der Waals surface area contributed by atoms with Crippen LogP contribution in [0.3, 0.4) is 0 Å². The average molecular weight is 732 g/mol. The van der Waals surface area contributed by atoms with Gasteiger partial charge in [0.15, 0.2) is 11.6 Å². The zero-order valence-electron chi connectivity index (χ0n) is 30.7. The van der Waals surface area contributed by atoms with Gasteiger partial charge in [-0.2, -0.15) is 9.97 Å². The SMILES string of the molecule is c1ccc(C(c2ccccc2)(c2ccccc2)c2ccccc2-c2nc(-c3ccc4c(c3)oc3ncccc34)nc(-n3c4ccccc4c4ccccc43)n2)cc1. The van der Waals surface area contributed by atoms with Crippen LogP contribution in [0.25, 0.3) is 72.6 Å². The molecule has 0 N–H and O–H groups in total. The molecule has 0 unspecified atom stereocenters. The van der Waals surface area contributed by atoms with Crippen LogP contribution in [-0.2, 0) is 5.41 Å². The zero-order valence-corrected chi connectivity index (χ0v) is 30.7. The van der Waals surface area contributed by atoms with E-state index in [2.05, 4.69) is 185 Å². The molecular formula is C51H33N5O. The molecule has 268 valence electrons. The van der Waals surface area contributed by atoms with Gasteiger partial charge in [0.25, 0.3) is 0 Å². The van der Waals surface area contributed by atoms with Crippen LogP contribution in [0.15, 0.2) is 205 Å². The fraction of sp³-hybridized carbons (Fsp3) is 0.0196. The topological polar surface area (TPSA) is 69.6 Å². The monoisotopic (exact) mass is 731 g/mol. The highest BCUT2D eigenvalue weighted by atomic mass is 16.3. The van der Waals surface area contributed by atoms with Crippen LogP contribution in [-0.4, -0.2) is 24.5 Å². The fourth-order valence-electron chi connectivity index (χ4n) is 8.64. The largest absolute Gasteiger partial charge is 0.438 e. The quantitative estimate of drug-likeness (QED) is 0.153. The lowest BCUT2D eigenvalue weighted by molar-refractivity contribution is 0.654. The van der Waals surface area contributed by atoms with Gasteiger partial charge in [0.2, 0.25) is 11.7 Å². The molecule has 57 heavy (non-hydrogen) atoms. The highest BCUT2D eigenvalue weighted by molar-refractivity contribution is 6.09. The second-order valence-corrected chi connectivity index (χ2v) is 14.2. The van der Waals surface area contributed by atoms with Crippen LogP contribution in [0, 0.1) is 0 Å². The summed E-state index contributed by atoms with van der Waals surface area (Å²) in [7, 11) is 0. The molecule has 7 aromatic carbocycles. The van der Waals surface area contributed by atoms with Crippen LogP contribution in [0.5, 0.6) is 0 Å². The Labute approximate surface area is 328 Å². The van der Waals surface area contributed by atoms with Crippen molar-refractivity contribution in [2.24, 2.45) is 0 Å². The summed E-state index contributed by atoms with van der Waals surface area (Å²) in [5, 5.41) is 4.21. The third kappa shape index (κ3) is 5.19. The molecule has 6 heteroatoms. The van der Waals surface area contributed by atoms with Gasteiger partial charge in [-0.25, -0.2) is 9.97 Å². The molecule has 11 aromatic rings. The van der Waals surface area contributed by atoms with Crippen molar-refractivity contribution in [1.29, 1.82) is 0 Å². The molecule has 0 saturated heterocycles. The summed E-state index contributed by atoms with van der Waals surface area (Å²) in [5.41, 5.74) is 8.79. The Hall–Kier alpha value is -7.70. The smallest absolute Gasteiger partial charge is 0.238 e. The summed E-state index contributed by atoms with van der Waals surface area (Å²) in [5.74, 6) is 1.62. The highest BCUT2D eigenvalue weighted by Gasteiger charge is 2.40. The number of hydrogen-bond acceptors (Lipinski definition) is 5. The van der Waals surface area contributed by atoms with Crippen molar-refractivity contribution in [2.75, 3.05) is 0 Å². The summed E-state index contributed by atoms with van der Waals surface area (Å²) in [6.07, 6.45) is 1.75. The molecular weight excluding hydrogens is 699 g/mol. The Morgan fingerprint density at radius 2 is 0.982 bits per heavy atom. The molecule has 0 bridgehead atoms. The molecule has 0 fully saturated rings. The van der Waals surface area contributed by atoms with Crippen molar-refractivity contribution in [1.82, 2.24) is 24.5 Å². The van der Waals surface area contributed by atoms with E-state index < -0.39 is 5.41 Å². The Morgan fingerprint density at radius 3 is 1.63 bits per heavy atom. The van der Waals surface area contributed by atoms with Crippen molar-refractivity contribution in [3.05, 3.63) is 223 Å². The summed E-state index contributed by atoms with van der Waals surface area (Å²) < 4.78 is 8.43. The molecule has 0 spiro atoms. The zero-order chi connectivity index (χ0) is 37.8. The number of pyridine rings is 1. The number of fused-ring (bicyclic) bond motifs is 6. The van der Waals surface area contributed by atoms with E-state index in [9.17, 15) is 0 Å². The van der Waals surface area contributed by atoms with Crippen LogP contribution in [0.4, 0.5) is 0 Å². The van der Waals surface area contributed by atoms with Gasteiger partial charge in [0.05, 0.1) is 16.4 Å². The summed E-state index contributed by atoms with van der Waals surface area (Å²) in [6.45, 7) is 0. The first-order chi connectivity index (χ1) is 28.3. The molecule has 0 amide bonds. The molecule has 6 nitrogen and oxygen atoms in total. The van der Waals surface area contributed by atoms with Crippen molar-refractivity contribution < 1.29 is 4.42 Å². The summed E-state index contributed by atoms with van der Waals surface area (Å²) in [4.78, 5) is 20.6. The van der Waals surface area contributed by atoms with Gasteiger partial charge in [-0.3, -0.25) is 4.57 Å². The van der Waals surface area contributed by atoms with E-state index in [1.807, 2.05) is 18.2 Å². The predicted molar refractivity (Wildman–Crippen MR) is 228 cm³/mol. The van der Waals surface area contributed by atoms with Gasteiger partial charge >= 0.3 is 0 Å². The molecule has 0 atom stereocenters. The molecule has 4 heterocycles. The maximum atomic E-state index is 6.27. The first kappa shape index (κ1) is 32.7. The summed E-state index contributed by atoms with van der Waals surface area (Å²) in [6, 6.07) is 67.7. The maximum Gasteiger partial charge on any atom is 0.238 e. The van der Waals surface area contributed by atoms with E-state index in [0.717, 1.165) is 71.5 Å². The lowest BCUT2D eigenvalue weighted by atomic mass is 9.64. The van der Waals surface area contributed by atoms with Gasteiger partial charge in [-0.15, -0.1) is 0 Å². The number of furan rings is 1. The molecule has 4 aromatic heterocycles. The van der Waals surface area contributed by atoms with Gasteiger partial charge < -0.3 is 4.42 Å². The minimum absolute atomic E-state index is 0.526. The maximum absolute atomic E-state index is 6.27. The minimum atomic E-state index is -0.722. The number of nitrogens with zero attached hydrogens (tertiary/aromatic N) is 5. The average Bonchev–Trinajstić information content (AvgIpc) is 3.83. The van der Waals surface area contributed by atoms with Crippen LogP contribution in [0.1, 0.15) is 22.3 Å². The van der Waals surface area contributed by atoms with Crippen molar-refractivity contribution >= 4 is 43.9 Å². The summed E-state index contributed by atoms with van der Waals surface area (Å²) >= 11 is 0. The molecule has 0 aliphatic rings. The van der Waals surface area contributed by atoms with Gasteiger partial charge in [0.1, 0.15) is 5.58 Å². The Kier molecular flexibility index (Phi) is 7.60. The predicted octanol–water partition coefficient (Wildman–Crippen LogP) is 12.0. The Bertz CT molecular complexity index is 3090. The number of hydrogen-bond donors (Lipinski definition) is 0. The lowest BCUT2D eigenvalue weighted by Crippen LogP contribution is -2.31. The highest BCUT2D eigenvalue weighted by Crippen LogP contribution is 2.48. The number of para-hydroxylation sites is 2. The molecule has 0 saturated carbocycles. The normalized spacial score (nSPS) is 11.9. The standard InChI is InChI=1S/C51H33N5O/c1-4-17-35(18-5-1)51(36-19-6-2-7-20-36,37-21-8-3-9-22-37)43-27-13-10-25-42(43)48-53-47(34-30-31-40-41-26-16-32-52-49(41)57-46(40)33-34)54-50(55-48)56-44-28-14-11-23-38(44)39-24-12-15-29-45(39)56/h1-33H. The second kappa shape index (κ2) is 13.3. The first-order valence-corrected chi connectivity index (χ1v) is 19.1. The van der Waals surface area contributed by atoms with E-state index in [4.69, 9.17) is 19.4 Å². The molecule has 0 aliphatic heterocycles. The minimum Gasteiger partial charge on any atom is -0.438 e. The Morgan fingerprint density at radius 1 is 0.439 bits per heavy atom. The van der Waals surface area contributed by atoms with E-state index in [-0.39, 0.29) is 0 Å². The number of aromatic nitrogens is 5. The van der Waals surface area contributed by atoms with Gasteiger partial charge in [0, 0.05) is 38.9 Å². The van der Waals surface area contributed by atoms with E-state index in [1.165, 1.54) is 0 Å². The fourth-order valence-corrected chi connectivity index (χ4v) is 8.64. The Balaban J connectivity index is 1.23. The van der Waals surface area contributed by atoms with E-state index in [0.29, 0.717) is 23.3 Å². The molecule has 0 radical (unpaired) electrons. The number of benzene rings is 7.